The fourth-order valence-corrected chi connectivity index (χ4v) is 3.73. The van der Waals surface area contributed by atoms with E-state index in [2.05, 4.69) is 42.3 Å². The quantitative estimate of drug-likeness (QED) is 0.906. The van der Waals surface area contributed by atoms with Crippen molar-refractivity contribution >= 4 is 11.3 Å². The molecule has 3 heteroatoms. The zero-order valence-corrected chi connectivity index (χ0v) is 12.3. The summed E-state index contributed by atoms with van der Waals surface area (Å²) in [6.45, 7) is 4.42. The Balaban J connectivity index is 1.77. The molecular formula is C16H20N2S. The monoisotopic (exact) mass is 272 g/mol. The van der Waals surface area contributed by atoms with Gasteiger partial charge in [-0.15, -0.1) is 11.3 Å². The number of nitrogens with one attached hydrogen (secondary N) is 1. The average Bonchev–Trinajstić information content (AvgIpc) is 2.86. The van der Waals surface area contributed by atoms with Gasteiger partial charge in [0, 0.05) is 22.0 Å². The van der Waals surface area contributed by atoms with Gasteiger partial charge in [0.05, 0.1) is 11.7 Å². The highest BCUT2D eigenvalue weighted by molar-refractivity contribution is 7.12. The van der Waals surface area contributed by atoms with Crippen molar-refractivity contribution in [2.45, 2.75) is 45.2 Å². The van der Waals surface area contributed by atoms with Crippen molar-refractivity contribution in [1.82, 2.24) is 10.3 Å². The zero-order chi connectivity index (χ0) is 13.2. The van der Waals surface area contributed by atoms with Crippen molar-refractivity contribution in [3.05, 3.63) is 51.5 Å². The Kier molecular flexibility index (Phi) is 3.67. The van der Waals surface area contributed by atoms with Gasteiger partial charge >= 0.3 is 0 Å². The molecule has 0 saturated heterocycles. The summed E-state index contributed by atoms with van der Waals surface area (Å²) in [5.41, 5.74) is 2.68. The van der Waals surface area contributed by atoms with E-state index in [4.69, 9.17) is 0 Å². The minimum Gasteiger partial charge on any atom is -0.301 e. The first-order valence-electron chi connectivity index (χ1n) is 7.00. The predicted molar refractivity (Wildman–Crippen MR) is 80.5 cm³/mol. The van der Waals surface area contributed by atoms with Crippen LogP contribution in [0, 0.1) is 6.92 Å². The number of aromatic nitrogens is 1. The molecule has 0 saturated carbocycles. The van der Waals surface area contributed by atoms with E-state index in [9.17, 15) is 0 Å². The fourth-order valence-electron chi connectivity index (χ4n) is 2.84. The van der Waals surface area contributed by atoms with Gasteiger partial charge in [0.1, 0.15) is 0 Å². The van der Waals surface area contributed by atoms with Crippen LogP contribution in [-0.2, 0) is 6.42 Å². The third-order valence-corrected chi connectivity index (χ3v) is 5.02. The predicted octanol–water partition coefficient (Wildman–Crippen LogP) is 4.18. The van der Waals surface area contributed by atoms with E-state index in [0.717, 1.165) is 0 Å². The van der Waals surface area contributed by atoms with Crippen LogP contribution in [-0.4, -0.2) is 4.98 Å². The molecular weight excluding hydrogens is 252 g/mol. The molecule has 2 atom stereocenters. The largest absolute Gasteiger partial charge is 0.301 e. The number of hydrogen-bond donors (Lipinski definition) is 1. The molecule has 2 aromatic heterocycles. The number of hydrogen-bond acceptors (Lipinski definition) is 3. The first kappa shape index (κ1) is 12.8. The number of fused-ring (bicyclic) bond motifs is 1. The van der Waals surface area contributed by atoms with Gasteiger partial charge in [-0.25, -0.2) is 0 Å². The Hall–Kier alpha value is -1.19. The van der Waals surface area contributed by atoms with E-state index in [1.165, 1.54) is 40.3 Å². The average molecular weight is 272 g/mol. The molecule has 19 heavy (non-hydrogen) atoms. The molecule has 0 amide bonds. The minimum absolute atomic E-state index is 0.400. The molecule has 0 aliphatic heterocycles. The van der Waals surface area contributed by atoms with Crippen molar-refractivity contribution in [3.63, 3.8) is 0 Å². The number of aryl methyl sites for hydroxylation is 2. The van der Waals surface area contributed by atoms with Crippen molar-refractivity contribution in [2.75, 3.05) is 0 Å². The summed E-state index contributed by atoms with van der Waals surface area (Å²) in [6.07, 6.45) is 5.54. The molecule has 0 spiro atoms. The highest BCUT2D eigenvalue weighted by Gasteiger charge is 2.23. The van der Waals surface area contributed by atoms with E-state index in [1.807, 2.05) is 23.6 Å². The third kappa shape index (κ3) is 2.72. The van der Waals surface area contributed by atoms with Crippen LogP contribution in [0.3, 0.4) is 0 Å². The molecule has 100 valence electrons. The van der Waals surface area contributed by atoms with Gasteiger partial charge in [-0.1, -0.05) is 6.07 Å². The second-order valence-corrected chi connectivity index (χ2v) is 6.65. The molecule has 0 fully saturated rings. The van der Waals surface area contributed by atoms with Crippen molar-refractivity contribution in [2.24, 2.45) is 0 Å². The second kappa shape index (κ2) is 5.43. The van der Waals surface area contributed by atoms with Gasteiger partial charge < -0.3 is 5.32 Å². The van der Waals surface area contributed by atoms with Crippen LogP contribution in [0.2, 0.25) is 0 Å². The number of pyridine rings is 1. The lowest BCUT2D eigenvalue weighted by atomic mass is 9.91. The Bertz CT molecular complexity index is 561. The van der Waals surface area contributed by atoms with Crippen molar-refractivity contribution in [3.8, 4) is 0 Å². The molecule has 2 heterocycles. The Morgan fingerprint density at radius 3 is 3.05 bits per heavy atom. The summed E-state index contributed by atoms with van der Waals surface area (Å²) in [7, 11) is 0. The first-order valence-corrected chi connectivity index (χ1v) is 7.82. The smallest absolute Gasteiger partial charge is 0.0605 e. The molecule has 2 nitrogen and oxygen atoms in total. The van der Waals surface area contributed by atoms with Gasteiger partial charge in [-0.05, 0) is 56.9 Å². The molecule has 0 radical (unpaired) electrons. The van der Waals surface area contributed by atoms with E-state index >= 15 is 0 Å². The van der Waals surface area contributed by atoms with Gasteiger partial charge in [0.25, 0.3) is 0 Å². The first-order chi connectivity index (χ1) is 9.24. The lowest BCUT2D eigenvalue weighted by molar-refractivity contribution is 0.409. The number of rotatable bonds is 3. The summed E-state index contributed by atoms with van der Waals surface area (Å²) in [4.78, 5) is 7.39. The fraction of sp³-hybridized carbons (Fsp3) is 0.438. The molecule has 0 bridgehead atoms. The Morgan fingerprint density at radius 1 is 1.37 bits per heavy atom. The van der Waals surface area contributed by atoms with Crippen LogP contribution >= 0.6 is 11.3 Å². The Labute approximate surface area is 118 Å². The summed E-state index contributed by atoms with van der Waals surface area (Å²) >= 11 is 1.88. The molecule has 1 aliphatic rings. The SMILES string of the molecule is Cc1ccc(C(C)NC2CCCc3cccnc32)s1. The Morgan fingerprint density at radius 2 is 2.26 bits per heavy atom. The lowest BCUT2D eigenvalue weighted by Crippen LogP contribution is -2.28. The summed E-state index contributed by atoms with van der Waals surface area (Å²) in [5.74, 6) is 0. The van der Waals surface area contributed by atoms with Gasteiger partial charge in [0.15, 0.2) is 0 Å². The molecule has 1 N–H and O–H groups in total. The van der Waals surface area contributed by atoms with Crippen LogP contribution in [0.4, 0.5) is 0 Å². The topological polar surface area (TPSA) is 24.9 Å². The van der Waals surface area contributed by atoms with Crippen molar-refractivity contribution < 1.29 is 0 Å². The molecule has 1 aliphatic carbocycles. The van der Waals surface area contributed by atoms with Crippen LogP contribution < -0.4 is 5.32 Å². The van der Waals surface area contributed by atoms with E-state index in [0.29, 0.717) is 12.1 Å². The van der Waals surface area contributed by atoms with Gasteiger partial charge in [-0.3, -0.25) is 4.98 Å². The summed E-state index contributed by atoms with van der Waals surface area (Å²) in [6, 6.07) is 9.51. The number of nitrogens with zero attached hydrogens (tertiary/aromatic N) is 1. The van der Waals surface area contributed by atoms with E-state index < -0.39 is 0 Å². The lowest BCUT2D eigenvalue weighted by Gasteiger charge is -2.27. The van der Waals surface area contributed by atoms with Crippen LogP contribution in [0.1, 0.15) is 52.9 Å². The van der Waals surface area contributed by atoms with Crippen molar-refractivity contribution in [1.29, 1.82) is 0 Å². The number of thiophene rings is 1. The van der Waals surface area contributed by atoms with Gasteiger partial charge in [-0.2, -0.15) is 0 Å². The van der Waals surface area contributed by atoms with Crippen LogP contribution in [0.5, 0.6) is 0 Å². The maximum atomic E-state index is 4.59. The van der Waals surface area contributed by atoms with E-state index in [-0.39, 0.29) is 0 Å². The highest BCUT2D eigenvalue weighted by atomic mass is 32.1. The molecule has 2 aromatic rings. The molecule has 3 rings (SSSR count). The van der Waals surface area contributed by atoms with Gasteiger partial charge in [0.2, 0.25) is 0 Å². The summed E-state index contributed by atoms with van der Waals surface area (Å²) in [5, 5.41) is 3.75. The van der Waals surface area contributed by atoms with E-state index in [1.54, 1.807) is 0 Å². The zero-order valence-electron chi connectivity index (χ0n) is 11.5. The normalized spacial score (nSPS) is 20.0. The maximum absolute atomic E-state index is 4.59. The minimum atomic E-state index is 0.400. The van der Waals surface area contributed by atoms with Crippen LogP contribution in [0.25, 0.3) is 0 Å². The van der Waals surface area contributed by atoms with Crippen LogP contribution in [0.15, 0.2) is 30.5 Å². The molecule has 2 unspecified atom stereocenters. The summed E-state index contributed by atoms with van der Waals surface area (Å²) < 4.78 is 0. The standard InChI is InChI=1S/C16H20N2S/c1-11-8-9-15(19-11)12(2)18-14-7-3-5-13-6-4-10-17-16(13)14/h4,6,8-10,12,14,18H,3,5,7H2,1-2H3. The highest BCUT2D eigenvalue weighted by Crippen LogP contribution is 2.31. The molecule has 0 aromatic carbocycles. The maximum Gasteiger partial charge on any atom is 0.0605 e. The third-order valence-electron chi connectivity index (χ3n) is 3.83. The second-order valence-electron chi connectivity index (χ2n) is 5.33.